The van der Waals surface area contributed by atoms with Crippen LogP contribution < -0.4 is 5.63 Å². The Balaban J connectivity index is 1.65. The molecule has 6 nitrogen and oxygen atoms in total. The van der Waals surface area contributed by atoms with Crippen LogP contribution in [0.2, 0.25) is 0 Å². The van der Waals surface area contributed by atoms with Crippen LogP contribution in [0, 0.1) is 0 Å². The van der Waals surface area contributed by atoms with Crippen molar-refractivity contribution in [3.63, 3.8) is 0 Å². The normalized spacial score (nSPS) is 15.4. The fraction of sp³-hybridized carbons (Fsp3) is 0.421. The lowest BCUT2D eigenvalue weighted by atomic mass is 10.1. The first kappa shape index (κ1) is 17.2. The van der Waals surface area contributed by atoms with E-state index in [2.05, 4.69) is 0 Å². The van der Waals surface area contributed by atoms with Gasteiger partial charge in [0.15, 0.2) is 6.61 Å². The Morgan fingerprint density at radius 1 is 1.04 bits per heavy atom. The summed E-state index contributed by atoms with van der Waals surface area (Å²) in [5.74, 6) is -1.06. The molecule has 1 aromatic carbocycles. The maximum Gasteiger partial charge on any atom is 0.351 e. The van der Waals surface area contributed by atoms with Crippen LogP contribution in [0.1, 0.15) is 42.5 Å². The lowest BCUT2D eigenvalue weighted by molar-refractivity contribution is -0.134. The molecule has 0 aliphatic carbocycles. The highest BCUT2D eigenvalue weighted by molar-refractivity contribution is 5.94. The predicted octanol–water partition coefficient (Wildman–Crippen LogP) is 2.74. The van der Waals surface area contributed by atoms with E-state index in [1.165, 1.54) is 12.5 Å². The molecule has 0 radical (unpaired) electrons. The van der Waals surface area contributed by atoms with E-state index in [0.717, 1.165) is 25.7 Å². The molecule has 132 valence electrons. The molecule has 1 aliphatic rings. The van der Waals surface area contributed by atoms with E-state index in [-0.39, 0.29) is 18.1 Å². The first-order valence-electron chi connectivity index (χ1n) is 8.63. The van der Waals surface area contributed by atoms with Crippen molar-refractivity contribution >= 4 is 22.8 Å². The van der Waals surface area contributed by atoms with Gasteiger partial charge in [0.05, 0.1) is 0 Å². The van der Waals surface area contributed by atoms with Crippen LogP contribution in [-0.2, 0) is 9.53 Å². The Bertz CT molecular complexity index is 818. The Morgan fingerprint density at radius 3 is 2.48 bits per heavy atom. The summed E-state index contributed by atoms with van der Waals surface area (Å²) < 4.78 is 10.2. The Morgan fingerprint density at radius 2 is 1.72 bits per heavy atom. The second kappa shape index (κ2) is 7.96. The third kappa shape index (κ3) is 4.26. The number of rotatable bonds is 3. The van der Waals surface area contributed by atoms with Gasteiger partial charge in [-0.25, -0.2) is 9.59 Å². The fourth-order valence-corrected chi connectivity index (χ4v) is 3.00. The molecule has 2 aromatic rings. The molecular formula is C19H21NO5. The van der Waals surface area contributed by atoms with E-state index in [1.807, 2.05) is 0 Å². The summed E-state index contributed by atoms with van der Waals surface area (Å²) in [7, 11) is 0. The van der Waals surface area contributed by atoms with Crippen LogP contribution in [0.25, 0.3) is 11.0 Å². The minimum absolute atomic E-state index is 0.195. The highest BCUT2D eigenvalue weighted by atomic mass is 16.5. The number of ether oxygens (including phenoxy) is 1. The van der Waals surface area contributed by atoms with Crippen molar-refractivity contribution in [3.8, 4) is 0 Å². The summed E-state index contributed by atoms with van der Waals surface area (Å²) >= 11 is 0. The van der Waals surface area contributed by atoms with Gasteiger partial charge in [0, 0.05) is 18.5 Å². The number of hydrogen-bond acceptors (Lipinski definition) is 5. The monoisotopic (exact) mass is 343 g/mol. The molecule has 2 heterocycles. The number of hydrogen-bond donors (Lipinski definition) is 0. The molecule has 1 aromatic heterocycles. The molecule has 25 heavy (non-hydrogen) atoms. The Hall–Kier alpha value is -2.63. The van der Waals surface area contributed by atoms with E-state index < -0.39 is 11.6 Å². The summed E-state index contributed by atoms with van der Waals surface area (Å²) in [5.41, 5.74) is -0.553. The van der Waals surface area contributed by atoms with Crippen molar-refractivity contribution in [2.24, 2.45) is 0 Å². The Kier molecular flexibility index (Phi) is 5.48. The zero-order valence-corrected chi connectivity index (χ0v) is 14.0. The van der Waals surface area contributed by atoms with Gasteiger partial charge in [-0.3, -0.25) is 4.79 Å². The highest BCUT2D eigenvalue weighted by Crippen LogP contribution is 2.14. The van der Waals surface area contributed by atoms with Crippen LogP contribution in [0.4, 0.5) is 0 Å². The first-order chi connectivity index (χ1) is 12.1. The van der Waals surface area contributed by atoms with E-state index in [9.17, 15) is 14.4 Å². The van der Waals surface area contributed by atoms with Crippen LogP contribution in [0.5, 0.6) is 0 Å². The van der Waals surface area contributed by atoms with Crippen molar-refractivity contribution in [1.82, 2.24) is 4.90 Å². The van der Waals surface area contributed by atoms with Gasteiger partial charge >= 0.3 is 11.6 Å². The van der Waals surface area contributed by atoms with Crippen LogP contribution >= 0.6 is 0 Å². The molecule has 1 aliphatic heterocycles. The third-order valence-corrected chi connectivity index (χ3v) is 4.40. The smallest absolute Gasteiger partial charge is 0.351 e. The van der Waals surface area contributed by atoms with Gasteiger partial charge in [0.1, 0.15) is 11.1 Å². The van der Waals surface area contributed by atoms with Gasteiger partial charge in [-0.05, 0) is 25.0 Å². The average Bonchev–Trinajstić information content (AvgIpc) is 2.58. The molecule has 0 atom stereocenters. The number of esters is 1. The summed E-state index contributed by atoms with van der Waals surface area (Å²) in [6, 6.07) is 8.34. The van der Waals surface area contributed by atoms with Gasteiger partial charge < -0.3 is 14.1 Å². The van der Waals surface area contributed by atoms with E-state index >= 15 is 0 Å². The zero-order valence-electron chi connectivity index (χ0n) is 14.0. The lowest BCUT2D eigenvalue weighted by Crippen LogP contribution is -2.37. The van der Waals surface area contributed by atoms with Gasteiger partial charge in [0.2, 0.25) is 0 Å². The molecule has 6 heteroatoms. The highest BCUT2D eigenvalue weighted by Gasteiger charge is 2.19. The van der Waals surface area contributed by atoms with Crippen LogP contribution in [0.3, 0.4) is 0 Å². The predicted molar refractivity (Wildman–Crippen MR) is 92.4 cm³/mol. The number of para-hydroxylation sites is 1. The van der Waals surface area contributed by atoms with E-state index in [4.69, 9.17) is 9.15 Å². The molecule has 0 N–H and O–H groups in total. The topological polar surface area (TPSA) is 76.8 Å². The second-order valence-electron chi connectivity index (χ2n) is 6.21. The van der Waals surface area contributed by atoms with Crippen molar-refractivity contribution in [1.29, 1.82) is 0 Å². The number of nitrogens with zero attached hydrogens (tertiary/aromatic N) is 1. The summed E-state index contributed by atoms with van der Waals surface area (Å²) in [6.45, 7) is 1.02. The van der Waals surface area contributed by atoms with Crippen molar-refractivity contribution in [2.75, 3.05) is 19.7 Å². The van der Waals surface area contributed by atoms with Gasteiger partial charge in [-0.1, -0.05) is 37.5 Å². The number of likely N-dealkylation sites (tertiary alicyclic amines) is 1. The molecule has 0 bridgehead atoms. The van der Waals surface area contributed by atoms with E-state index in [0.29, 0.717) is 24.1 Å². The molecule has 1 saturated heterocycles. The molecule has 0 unspecified atom stereocenters. The standard InChI is InChI=1S/C19H21NO5/c21-17(20-10-6-2-1-3-7-11-20)13-24-18(22)15-12-14-8-4-5-9-16(14)25-19(15)23/h4-5,8-9,12H,1-3,6-7,10-11,13H2. The second-order valence-corrected chi connectivity index (χ2v) is 6.21. The number of amides is 1. The molecular weight excluding hydrogens is 322 g/mol. The molecule has 0 saturated carbocycles. The minimum atomic E-state index is -0.833. The zero-order chi connectivity index (χ0) is 17.6. The molecule has 3 rings (SSSR count). The largest absolute Gasteiger partial charge is 0.452 e. The summed E-state index contributed by atoms with van der Waals surface area (Å²) in [4.78, 5) is 38.1. The van der Waals surface area contributed by atoms with Gasteiger partial charge in [-0.15, -0.1) is 0 Å². The summed E-state index contributed by atoms with van der Waals surface area (Å²) in [5, 5.41) is 0.629. The number of carbonyl (C=O) groups excluding carboxylic acids is 2. The summed E-state index contributed by atoms with van der Waals surface area (Å²) in [6.07, 6.45) is 5.36. The van der Waals surface area contributed by atoms with Crippen LogP contribution in [-0.4, -0.2) is 36.5 Å². The molecule has 1 amide bonds. The Labute approximate surface area is 145 Å². The molecule has 1 fully saturated rings. The first-order valence-corrected chi connectivity index (χ1v) is 8.63. The number of fused-ring (bicyclic) bond motifs is 1. The SMILES string of the molecule is O=C(OCC(=O)N1CCCCCCC1)c1cc2ccccc2oc1=O. The molecule has 0 spiro atoms. The number of benzene rings is 1. The fourth-order valence-electron chi connectivity index (χ4n) is 3.00. The quantitative estimate of drug-likeness (QED) is 0.633. The van der Waals surface area contributed by atoms with E-state index in [1.54, 1.807) is 29.2 Å². The number of carbonyl (C=O) groups is 2. The van der Waals surface area contributed by atoms with Crippen molar-refractivity contribution < 1.29 is 18.7 Å². The minimum Gasteiger partial charge on any atom is -0.452 e. The third-order valence-electron chi connectivity index (χ3n) is 4.40. The maximum absolute atomic E-state index is 12.2. The van der Waals surface area contributed by atoms with Crippen molar-refractivity contribution in [3.05, 3.63) is 46.3 Å². The lowest BCUT2D eigenvalue weighted by Gasteiger charge is -2.24. The maximum atomic E-state index is 12.2. The average molecular weight is 343 g/mol. The van der Waals surface area contributed by atoms with Crippen molar-refractivity contribution in [2.45, 2.75) is 32.1 Å². The van der Waals surface area contributed by atoms with Gasteiger partial charge in [-0.2, -0.15) is 0 Å². The van der Waals surface area contributed by atoms with Gasteiger partial charge in [0.25, 0.3) is 5.91 Å². The van der Waals surface area contributed by atoms with Crippen LogP contribution in [0.15, 0.2) is 39.5 Å².